The first kappa shape index (κ1) is 36.8. The maximum Gasteiger partial charge on any atom is 0.330 e. The number of aryl methyl sites for hydroxylation is 1. The van der Waals surface area contributed by atoms with Gasteiger partial charge < -0.3 is 24.6 Å². The zero-order chi connectivity index (χ0) is 23.6. The third-order valence-electron chi connectivity index (χ3n) is 5.00. The van der Waals surface area contributed by atoms with E-state index in [0.29, 0.717) is 5.56 Å². The topological polar surface area (TPSA) is 129 Å². The number of hydrogen-bond acceptors (Lipinski definition) is 9. The third-order valence-corrected chi connectivity index (χ3v) is 5.00. The molecule has 1 fully saturated rings. The van der Waals surface area contributed by atoms with Crippen molar-refractivity contribution < 1.29 is 38.6 Å². The summed E-state index contributed by atoms with van der Waals surface area (Å²) in [5.74, 6) is 0. The van der Waals surface area contributed by atoms with Crippen LogP contribution in [0.3, 0.4) is 0 Å². The molecule has 3 N–H and O–H groups in total. The van der Waals surface area contributed by atoms with E-state index in [2.05, 4.69) is 30.7 Å². The standard InChI is InChI=1S/C14H23N3O7.C6H15N.3FH/c1-8-6-17(14(21)15-12(8)20)13-11(10(19)9(7-18)24-13)22-4-5-23-16(2)3;1-4-7(5-2)6-3;;;/h6,9-11,13,18-19H,4-5,7H2,1-3H3,(H,15,20,21);4-6H2,1-3H3;3*1H/t9-,10-,11-,13-;;;;/m1..../s1. The van der Waals surface area contributed by atoms with Crippen molar-refractivity contribution in [2.75, 3.05) is 53.6 Å². The van der Waals surface area contributed by atoms with Gasteiger partial charge in [0.15, 0.2) is 6.23 Å². The first-order chi connectivity index (χ1) is 14.7. The summed E-state index contributed by atoms with van der Waals surface area (Å²) in [4.78, 5) is 33.3. The molecule has 0 amide bonds. The van der Waals surface area contributed by atoms with Crippen LogP contribution in [-0.2, 0) is 14.3 Å². The number of hydrogen-bond donors (Lipinski definition) is 3. The Morgan fingerprint density at radius 2 is 1.65 bits per heavy atom. The van der Waals surface area contributed by atoms with Gasteiger partial charge in [0.05, 0.1) is 19.8 Å². The Kier molecular flexibility index (Phi) is 20.0. The Hall–Kier alpha value is -1.81. The maximum atomic E-state index is 12.0. The van der Waals surface area contributed by atoms with Gasteiger partial charge in [-0.25, -0.2) is 4.79 Å². The first-order valence-electron chi connectivity index (χ1n) is 10.6. The number of ether oxygens (including phenoxy) is 2. The molecular weight excluding hydrogens is 465 g/mol. The minimum Gasteiger partial charge on any atom is -0.394 e. The second kappa shape index (κ2) is 18.5. The molecular formula is C20H41F3N4O7. The summed E-state index contributed by atoms with van der Waals surface area (Å²) >= 11 is 0. The maximum absolute atomic E-state index is 12.0. The SMILES string of the molecule is CCN(CC)CC.Cc1cn([C@@H]2O[C@H](CO)[C@@H](O)[C@H]2OCCON(C)C)c(=O)[nH]c1=O.F.F.F. The van der Waals surface area contributed by atoms with Crippen LogP contribution in [0.1, 0.15) is 32.6 Å². The van der Waals surface area contributed by atoms with Crippen molar-refractivity contribution in [2.45, 2.75) is 52.2 Å². The number of aromatic amines is 1. The largest absolute Gasteiger partial charge is 0.394 e. The number of nitrogens with zero attached hydrogens (tertiary/aromatic N) is 3. The number of H-pyrrole nitrogens is 1. The number of aliphatic hydroxyl groups is 2. The summed E-state index contributed by atoms with van der Waals surface area (Å²) in [6.07, 6.45) is -2.55. The molecule has 0 aromatic carbocycles. The Labute approximate surface area is 197 Å². The van der Waals surface area contributed by atoms with Crippen molar-refractivity contribution in [3.8, 4) is 0 Å². The Bertz CT molecular complexity index is 757. The lowest BCUT2D eigenvalue weighted by molar-refractivity contribution is -0.151. The average molecular weight is 507 g/mol. The van der Waals surface area contributed by atoms with E-state index in [4.69, 9.17) is 14.3 Å². The molecule has 0 aliphatic carbocycles. The monoisotopic (exact) mass is 506 g/mol. The van der Waals surface area contributed by atoms with Crippen molar-refractivity contribution in [3.05, 3.63) is 32.6 Å². The van der Waals surface area contributed by atoms with Gasteiger partial charge in [0.2, 0.25) is 0 Å². The van der Waals surface area contributed by atoms with Crippen LogP contribution in [0, 0.1) is 6.92 Å². The molecule has 11 nitrogen and oxygen atoms in total. The lowest BCUT2D eigenvalue weighted by atomic mass is 10.1. The second-order valence-corrected chi connectivity index (χ2v) is 7.32. The van der Waals surface area contributed by atoms with Crippen molar-refractivity contribution in [3.63, 3.8) is 0 Å². The molecule has 1 aromatic rings. The zero-order valence-corrected chi connectivity index (χ0v) is 20.6. The Morgan fingerprint density at radius 1 is 1.09 bits per heavy atom. The van der Waals surface area contributed by atoms with Gasteiger partial charge in [-0.3, -0.25) is 33.3 Å². The van der Waals surface area contributed by atoms with Crippen molar-refractivity contribution >= 4 is 0 Å². The van der Waals surface area contributed by atoms with E-state index in [1.165, 1.54) is 30.9 Å². The van der Waals surface area contributed by atoms with Gasteiger partial charge in [-0.2, -0.15) is 5.06 Å². The highest BCUT2D eigenvalue weighted by Crippen LogP contribution is 2.30. The zero-order valence-electron chi connectivity index (χ0n) is 20.6. The number of nitrogens with one attached hydrogen (secondary N) is 1. The van der Waals surface area contributed by atoms with Crippen molar-refractivity contribution in [2.24, 2.45) is 0 Å². The highest BCUT2D eigenvalue weighted by molar-refractivity contribution is 5.03. The summed E-state index contributed by atoms with van der Waals surface area (Å²) in [6, 6.07) is 0. The van der Waals surface area contributed by atoms with Crippen LogP contribution in [-0.4, -0.2) is 102 Å². The second-order valence-electron chi connectivity index (χ2n) is 7.32. The van der Waals surface area contributed by atoms with E-state index in [1.807, 2.05) is 0 Å². The van der Waals surface area contributed by atoms with Crippen LogP contribution in [0.25, 0.3) is 0 Å². The average Bonchev–Trinajstić information content (AvgIpc) is 3.05. The summed E-state index contributed by atoms with van der Waals surface area (Å²) in [7, 11) is 3.45. The smallest absolute Gasteiger partial charge is 0.330 e. The number of aromatic nitrogens is 2. The molecule has 1 aromatic heterocycles. The molecule has 2 rings (SSSR count). The molecule has 1 aliphatic rings. The highest BCUT2D eigenvalue weighted by Gasteiger charge is 2.45. The van der Waals surface area contributed by atoms with Gasteiger partial charge >= 0.3 is 5.69 Å². The molecule has 34 heavy (non-hydrogen) atoms. The van der Waals surface area contributed by atoms with E-state index in [0.717, 1.165) is 4.57 Å². The van der Waals surface area contributed by atoms with Gasteiger partial charge in [0, 0.05) is 25.9 Å². The number of halogens is 3. The fourth-order valence-corrected chi connectivity index (χ4v) is 3.12. The third kappa shape index (κ3) is 10.6. The van der Waals surface area contributed by atoms with Crippen LogP contribution in [0.15, 0.2) is 15.8 Å². The molecule has 0 spiro atoms. The van der Waals surface area contributed by atoms with Gasteiger partial charge in [0.1, 0.15) is 18.3 Å². The Morgan fingerprint density at radius 3 is 2.09 bits per heavy atom. The van der Waals surface area contributed by atoms with E-state index in [9.17, 15) is 19.8 Å². The Balaban J connectivity index is -0.000000844. The van der Waals surface area contributed by atoms with Crippen LogP contribution >= 0.6 is 0 Å². The minimum atomic E-state index is -1.13. The molecule has 0 unspecified atom stereocenters. The lowest BCUT2D eigenvalue weighted by Gasteiger charge is -2.22. The van der Waals surface area contributed by atoms with Crippen molar-refractivity contribution in [1.29, 1.82) is 0 Å². The minimum absolute atomic E-state index is 0. The highest BCUT2D eigenvalue weighted by atomic mass is 19.0. The predicted octanol–water partition coefficient (Wildman–Crippen LogP) is -0.220. The summed E-state index contributed by atoms with van der Waals surface area (Å²) in [6.45, 7) is 11.6. The molecule has 4 atom stereocenters. The molecule has 204 valence electrons. The predicted molar refractivity (Wildman–Crippen MR) is 123 cm³/mol. The first-order valence-corrected chi connectivity index (χ1v) is 10.6. The fraction of sp³-hybridized carbons (Fsp3) is 0.800. The summed E-state index contributed by atoms with van der Waals surface area (Å²) < 4.78 is 12.3. The number of rotatable bonds is 10. The van der Waals surface area contributed by atoms with E-state index < -0.39 is 42.4 Å². The molecule has 0 saturated carbocycles. The molecule has 1 aliphatic heterocycles. The van der Waals surface area contributed by atoms with Gasteiger partial charge in [-0.05, 0) is 26.6 Å². The fourth-order valence-electron chi connectivity index (χ4n) is 3.12. The molecule has 14 heteroatoms. The lowest BCUT2D eigenvalue weighted by Crippen LogP contribution is -2.40. The number of aliphatic hydroxyl groups excluding tert-OH is 2. The van der Waals surface area contributed by atoms with Crippen LogP contribution in [0.2, 0.25) is 0 Å². The van der Waals surface area contributed by atoms with Crippen LogP contribution < -0.4 is 11.2 Å². The summed E-state index contributed by atoms with van der Waals surface area (Å²) in [5.41, 5.74) is -0.861. The molecule has 0 bridgehead atoms. The molecule has 1 saturated heterocycles. The van der Waals surface area contributed by atoms with E-state index in [1.54, 1.807) is 21.0 Å². The number of hydroxylamine groups is 2. The van der Waals surface area contributed by atoms with Gasteiger partial charge in [-0.15, -0.1) is 0 Å². The molecule has 2 heterocycles. The quantitative estimate of drug-likeness (QED) is 0.291. The van der Waals surface area contributed by atoms with E-state index in [-0.39, 0.29) is 27.3 Å². The normalized spacial score (nSPS) is 21.2. The van der Waals surface area contributed by atoms with Crippen LogP contribution in [0.4, 0.5) is 14.1 Å². The van der Waals surface area contributed by atoms with Gasteiger partial charge in [-0.1, -0.05) is 20.8 Å². The van der Waals surface area contributed by atoms with E-state index >= 15 is 0 Å². The van der Waals surface area contributed by atoms with Gasteiger partial charge in [0.25, 0.3) is 5.56 Å². The summed E-state index contributed by atoms with van der Waals surface area (Å²) in [5, 5.41) is 21.1. The van der Waals surface area contributed by atoms with Crippen LogP contribution in [0.5, 0.6) is 0 Å². The van der Waals surface area contributed by atoms with Crippen molar-refractivity contribution in [1.82, 2.24) is 19.5 Å². The molecule has 0 radical (unpaired) electrons.